The molecular weight excluding hydrogens is 232 g/mol. The van der Waals surface area contributed by atoms with E-state index in [-0.39, 0.29) is 5.41 Å². The van der Waals surface area contributed by atoms with E-state index >= 15 is 0 Å². The summed E-state index contributed by atoms with van der Waals surface area (Å²) in [5.41, 5.74) is 1.13. The summed E-state index contributed by atoms with van der Waals surface area (Å²) in [7, 11) is 0. The fourth-order valence-electron chi connectivity index (χ4n) is 2.10. The molecule has 0 aliphatic carbocycles. The second-order valence-corrected chi connectivity index (χ2v) is 5.34. The lowest BCUT2D eigenvalue weighted by molar-refractivity contribution is -0.474. The van der Waals surface area contributed by atoms with Gasteiger partial charge in [-0.25, -0.2) is 0 Å². The molecule has 0 aromatic heterocycles. The number of hydrogen-bond acceptors (Lipinski definition) is 4. The van der Waals surface area contributed by atoms with Gasteiger partial charge in [0.05, 0.1) is 26.4 Å². The summed E-state index contributed by atoms with van der Waals surface area (Å²) in [6.45, 7) is 4.94. The van der Waals surface area contributed by atoms with Crippen molar-refractivity contribution in [2.24, 2.45) is 5.41 Å². The molecule has 2 bridgehead atoms. The van der Waals surface area contributed by atoms with E-state index in [0.717, 1.165) is 5.56 Å². The smallest absolute Gasteiger partial charge is 0.307 e. The van der Waals surface area contributed by atoms with E-state index < -0.39 is 5.97 Å². The number of ether oxygens (including phenoxy) is 4. The molecule has 3 fully saturated rings. The summed E-state index contributed by atoms with van der Waals surface area (Å²) in [6, 6.07) is 10.0. The van der Waals surface area contributed by atoms with Crippen molar-refractivity contribution in [3.05, 3.63) is 35.9 Å². The topological polar surface area (TPSA) is 36.9 Å². The van der Waals surface area contributed by atoms with Gasteiger partial charge >= 0.3 is 5.97 Å². The molecule has 1 aromatic rings. The number of hydrogen-bond donors (Lipinski definition) is 0. The van der Waals surface area contributed by atoms with Gasteiger partial charge in [-0.05, 0) is 5.56 Å². The van der Waals surface area contributed by atoms with Crippen LogP contribution in [0.2, 0.25) is 0 Å². The molecule has 1 aromatic carbocycles. The molecule has 18 heavy (non-hydrogen) atoms. The first-order chi connectivity index (χ1) is 8.70. The fraction of sp³-hybridized carbons (Fsp3) is 0.571. The van der Waals surface area contributed by atoms with Gasteiger partial charge in [0.15, 0.2) is 0 Å². The predicted molar refractivity (Wildman–Crippen MR) is 64.8 cm³/mol. The van der Waals surface area contributed by atoms with E-state index in [9.17, 15) is 0 Å². The Hall–Kier alpha value is -0.940. The summed E-state index contributed by atoms with van der Waals surface area (Å²) < 4.78 is 22.5. The minimum atomic E-state index is -0.980. The van der Waals surface area contributed by atoms with Crippen molar-refractivity contribution in [3.8, 4) is 0 Å². The van der Waals surface area contributed by atoms with Crippen LogP contribution in [0.15, 0.2) is 30.3 Å². The van der Waals surface area contributed by atoms with Gasteiger partial charge in [0.2, 0.25) is 0 Å². The largest absolute Gasteiger partial charge is 0.368 e. The third kappa shape index (κ3) is 2.42. The van der Waals surface area contributed by atoms with Crippen molar-refractivity contribution in [1.29, 1.82) is 0 Å². The molecule has 4 nitrogen and oxygen atoms in total. The number of benzene rings is 1. The van der Waals surface area contributed by atoms with Crippen LogP contribution in [-0.4, -0.2) is 32.4 Å². The van der Waals surface area contributed by atoms with E-state index in [0.29, 0.717) is 33.0 Å². The average molecular weight is 250 g/mol. The molecule has 3 heterocycles. The van der Waals surface area contributed by atoms with Crippen LogP contribution in [0, 0.1) is 5.41 Å². The standard InChI is InChI=1S/C14H18O4/c1-13-8-16-14(17-9-13,18-10-13)11-15-7-12-5-3-2-4-6-12/h2-6H,7-11H2,1H3. The molecule has 3 aliphatic rings. The summed E-state index contributed by atoms with van der Waals surface area (Å²) >= 11 is 0. The minimum Gasteiger partial charge on any atom is -0.368 e. The van der Waals surface area contributed by atoms with Crippen LogP contribution < -0.4 is 0 Å². The van der Waals surface area contributed by atoms with E-state index in [1.807, 2.05) is 30.3 Å². The Kier molecular flexibility index (Phi) is 3.11. The van der Waals surface area contributed by atoms with Crippen LogP contribution >= 0.6 is 0 Å². The monoisotopic (exact) mass is 250 g/mol. The molecule has 0 N–H and O–H groups in total. The first-order valence-corrected chi connectivity index (χ1v) is 6.23. The normalized spacial score (nSPS) is 34.7. The molecule has 0 amide bonds. The van der Waals surface area contributed by atoms with Gasteiger partial charge in [0, 0.05) is 5.41 Å². The summed E-state index contributed by atoms with van der Waals surface area (Å²) in [5.74, 6) is -0.980. The van der Waals surface area contributed by atoms with Gasteiger partial charge in [-0.2, -0.15) is 0 Å². The van der Waals surface area contributed by atoms with Gasteiger partial charge in [-0.3, -0.25) is 0 Å². The van der Waals surface area contributed by atoms with Gasteiger partial charge < -0.3 is 18.9 Å². The van der Waals surface area contributed by atoms with Gasteiger partial charge in [-0.15, -0.1) is 0 Å². The molecule has 3 saturated heterocycles. The molecule has 0 spiro atoms. The summed E-state index contributed by atoms with van der Waals surface area (Å²) in [4.78, 5) is 0. The minimum absolute atomic E-state index is 0.00117. The van der Waals surface area contributed by atoms with Crippen molar-refractivity contribution in [1.82, 2.24) is 0 Å². The number of fused-ring (bicyclic) bond motifs is 3. The van der Waals surface area contributed by atoms with Crippen molar-refractivity contribution in [3.63, 3.8) is 0 Å². The molecule has 98 valence electrons. The Balaban J connectivity index is 1.52. The zero-order valence-corrected chi connectivity index (χ0v) is 10.6. The number of rotatable bonds is 4. The summed E-state index contributed by atoms with van der Waals surface area (Å²) in [6.07, 6.45) is 0. The Bertz CT molecular complexity index is 379. The van der Waals surface area contributed by atoms with Crippen molar-refractivity contribution in [2.75, 3.05) is 26.4 Å². The molecule has 0 unspecified atom stereocenters. The second kappa shape index (κ2) is 4.63. The van der Waals surface area contributed by atoms with Crippen LogP contribution in [0.4, 0.5) is 0 Å². The summed E-state index contributed by atoms with van der Waals surface area (Å²) in [5, 5.41) is 0. The first-order valence-electron chi connectivity index (χ1n) is 6.23. The Morgan fingerprint density at radius 2 is 1.67 bits per heavy atom. The van der Waals surface area contributed by atoms with Crippen LogP contribution in [0.3, 0.4) is 0 Å². The van der Waals surface area contributed by atoms with Gasteiger partial charge in [0.1, 0.15) is 6.61 Å². The van der Waals surface area contributed by atoms with Gasteiger partial charge in [-0.1, -0.05) is 37.3 Å². The Labute approximate surface area is 107 Å². The maximum atomic E-state index is 5.64. The van der Waals surface area contributed by atoms with Gasteiger partial charge in [0.25, 0.3) is 0 Å². The quantitative estimate of drug-likeness (QED) is 0.818. The van der Waals surface area contributed by atoms with Crippen molar-refractivity contribution in [2.45, 2.75) is 19.5 Å². The lowest BCUT2D eigenvalue weighted by atomic mass is 9.92. The molecule has 3 aliphatic heterocycles. The highest BCUT2D eigenvalue weighted by molar-refractivity contribution is 5.13. The first kappa shape index (κ1) is 12.1. The molecule has 0 atom stereocenters. The third-order valence-corrected chi connectivity index (χ3v) is 3.31. The molecule has 0 saturated carbocycles. The molecule has 4 rings (SSSR count). The zero-order valence-electron chi connectivity index (χ0n) is 10.6. The lowest BCUT2D eigenvalue weighted by Gasteiger charge is -2.50. The SMILES string of the molecule is CC12COC(COCc3ccccc3)(OC1)OC2. The molecular formula is C14H18O4. The van der Waals surface area contributed by atoms with E-state index in [1.54, 1.807) is 0 Å². The zero-order chi connectivity index (χ0) is 12.5. The van der Waals surface area contributed by atoms with Crippen LogP contribution in [0.5, 0.6) is 0 Å². The van der Waals surface area contributed by atoms with Crippen LogP contribution in [-0.2, 0) is 25.6 Å². The van der Waals surface area contributed by atoms with E-state index in [4.69, 9.17) is 18.9 Å². The highest BCUT2D eigenvalue weighted by atomic mass is 16.9. The maximum Gasteiger partial charge on any atom is 0.307 e. The second-order valence-electron chi connectivity index (χ2n) is 5.34. The fourth-order valence-corrected chi connectivity index (χ4v) is 2.10. The van der Waals surface area contributed by atoms with Crippen molar-refractivity contribution < 1.29 is 18.9 Å². The maximum absolute atomic E-state index is 5.64. The van der Waals surface area contributed by atoms with E-state index in [1.165, 1.54) is 0 Å². The predicted octanol–water partition coefficient (Wildman–Crippen LogP) is 1.94. The Morgan fingerprint density at radius 3 is 2.28 bits per heavy atom. The average Bonchev–Trinajstić information content (AvgIpc) is 2.42. The third-order valence-electron chi connectivity index (χ3n) is 3.31. The molecule has 0 radical (unpaired) electrons. The van der Waals surface area contributed by atoms with E-state index in [2.05, 4.69) is 6.92 Å². The van der Waals surface area contributed by atoms with Crippen LogP contribution in [0.25, 0.3) is 0 Å². The highest BCUT2D eigenvalue weighted by Gasteiger charge is 2.50. The lowest BCUT2D eigenvalue weighted by Crippen LogP contribution is -2.60. The highest BCUT2D eigenvalue weighted by Crippen LogP contribution is 2.37. The molecule has 4 heteroatoms. The Morgan fingerprint density at radius 1 is 1.06 bits per heavy atom. The van der Waals surface area contributed by atoms with Crippen molar-refractivity contribution >= 4 is 0 Å². The van der Waals surface area contributed by atoms with Crippen LogP contribution in [0.1, 0.15) is 12.5 Å².